The van der Waals surface area contributed by atoms with Gasteiger partial charge in [0.1, 0.15) is 0 Å². The second-order valence-corrected chi connectivity index (χ2v) is 24.4. The summed E-state index contributed by atoms with van der Waals surface area (Å²) in [6.07, 6.45) is 21.9. The summed E-state index contributed by atoms with van der Waals surface area (Å²) in [6, 6.07) is 0. The van der Waals surface area contributed by atoms with Gasteiger partial charge >= 0.3 is 0 Å². The summed E-state index contributed by atoms with van der Waals surface area (Å²) >= 11 is 0. The highest BCUT2D eigenvalue weighted by molar-refractivity contribution is 4.87. The van der Waals surface area contributed by atoms with Gasteiger partial charge in [0.25, 0.3) is 0 Å². The van der Waals surface area contributed by atoms with Crippen molar-refractivity contribution in [2.45, 2.75) is 242 Å². The fraction of sp³-hybridized carbons (Fsp3) is 1.00. The van der Waals surface area contributed by atoms with E-state index in [1.165, 1.54) is 96.3 Å². The fourth-order valence-electron chi connectivity index (χ4n) is 11.5. The van der Waals surface area contributed by atoms with Crippen LogP contribution in [0.5, 0.6) is 0 Å². The Morgan fingerprint density at radius 2 is 0.768 bits per heavy atom. The molecule has 56 heavy (non-hydrogen) atoms. The third kappa shape index (κ3) is 19.1. The van der Waals surface area contributed by atoms with Gasteiger partial charge in [0.2, 0.25) is 0 Å². The second kappa shape index (κ2) is 26.4. The molecule has 8 unspecified atom stereocenters. The first kappa shape index (κ1) is 54.0. The topological polar surface area (TPSA) is 0 Å². The van der Waals surface area contributed by atoms with Gasteiger partial charge in [0.05, 0.1) is 0 Å². The van der Waals surface area contributed by atoms with Crippen LogP contribution in [-0.2, 0) is 0 Å². The molecule has 7 aliphatic rings. The Hall–Kier alpha value is 0. The quantitative estimate of drug-likeness (QED) is 0.267. The molecular formula is C56H112. The average Bonchev–Trinajstić information content (AvgIpc) is 3.80. The van der Waals surface area contributed by atoms with Gasteiger partial charge in [-0.05, 0) is 156 Å². The maximum Gasteiger partial charge on any atom is -0.0352 e. The molecule has 7 fully saturated rings. The van der Waals surface area contributed by atoms with Crippen LogP contribution in [0.4, 0.5) is 0 Å². The minimum atomic E-state index is 0.666. The van der Waals surface area contributed by atoms with Crippen LogP contribution in [-0.4, -0.2) is 0 Å². The van der Waals surface area contributed by atoms with Crippen LogP contribution in [0.25, 0.3) is 0 Å². The highest BCUT2D eigenvalue weighted by Crippen LogP contribution is 2.45. The first-order valence-corrected chi connectivity index (χ1v) is 25.9. The van der Waals surface area contributed by atoms with E-state index in [0.29, 0.717) is 5.41 Å². The molecule has 0 heterocycles. The Labute approximate surface area is 358 Å². The molecule has 0 spiro atoms. The highest BCUT2D eigenvalue weighted by Gasteiger charge is 2.38. The number of rotatable bonds is 3. The summed E-state index contributed by atoms with van der Waals surface area (Å²) in [5.74, 6) is 18.9. The molecule has 7 rings (SSSR count). The summed E-state index contributed by atoms with van der Waals surface area (Å²) < 4.78 is 0. The van der Waals surface area contributed by atoms with Crippen LogP contribution in [0.3, 0.4) is 0 Å². The molecule has 0 aliphatic heterocycles. The van der Waals surface area contributed by atoms with Gasteiger partial charge in [-0.3, -0.25) is 0 Å². The lowest BCUT2D eigenvalue weighted by Crippen LogP contribution is -2.39. The van der Waals surface area contributed by atoms with Crippen molar-refractivity contribution < 1.29 is 0 Å². The largest absolute Gasteiger partial charge is 0.0651 e. The Bertz CT molecular complexity index is 866. The molecule has 7 saturated carbocycles. The molecule has 0 aromatic heterocycles. The zero-order valence-electron chi connectivity index (χ0n) is 43.1. The molecule has 0 nitrogen and oxygen atoms in total. The second-order valence-electron chi connectivity index (χ2n) is 24.4. The average molecular weight is 786 g/mol. The van der Waals surface area contributed by atoms with E-state index in [2.05, 4.69) is 145 Å². The maximum absolute atomic E-state index is 2.38. The van der Waals surface area contributed by atoms with E-state index in [-0.39, 0.29) is 0 Å². The zero-order valence-corrected chi connectivity index (χ0v) is 43.1. The van der Waals surface area contributed by atoms with Crippen LogP contribution < -0.4 is 0 Å². The van der Waals surface area contributed by atoms with Crippen LogP contribution >= 0.6 is 0 Å². The van der Waals surface area contributed by atoms with E-state index >= 15 is 0 Å². The third-order valence-corrected chi connectivity index (χ3v) is 18.7. The molecule has 0 radical (unpaired) electrons. The predicted octanol–water partition coefficient (Wildman–Crippen LogP) is 19.0. The lowest BCUT2D eigenvalue weighted by molar-refractivity contribution is 0.0302. The van der Waals surface area contributed by atoms with Gasteiger partial charge in [-0.15, -0.1) is 0 Å². The Morgan fingerprint density at radius 3 is 0.875 bits per heavy atom. The molecule has 0 saturated heterocycles. The van der Waals surface area contributed by atoms with E-state index in [1.54, 1.807) is 0 Å². The Morgan fingerprint density at radius 1 is 0.411 bits per heavy atom. The molecule has 7 aliphatic carbocycles. The van der Waals surface area contributed by atoms with Gasteiger partial charge in [0, 0.05) is 0 Å². The van der Waals surface area contributed by atoms with Crippen molar-refractivity contribution in [3.63, 3.8) is 0 Å². The van der Waals surface area contributed by atoms with E-state index in [0.717, 1.165) is 112 Å². The van der Waals surface area contributed by atoms with Crippen LogP contribution in [0.15, 0.2) is 0 Å². The molecule has 336 valence electrons. The van der Waals surface area contributed by atoms with E-state index in [4.69, 9.17) is 0 Å². The molecule has 0 amide bonds. The third-order valence-electron chi connectivity index (χ3n) is 18.7. The van der Waals surface area contributed by atoms with Crippen LogP contribution in [0.1, 0.15) is 242 Å². The van der Waals surface area contributed by atoms with Gasteiger partial charge in [0.15, 0.2) is 0 Å². The first-order valence-electron chi connectivity index (χ1n) is 25.9. The standard InChI is InChI=1S/7C8H16/c1-6-4-7(2)8(3)5-6;1-6(2)8-4-7(3)5-8;1-7-4-5-8(2,3)6-7;2*1-6-4-5-7(2)8(6)3;1-5-6(2)8(4)7(5)3;1-3-7(2)8-5-4-6-8/h2*6-8H,4-5H2,1-3H3;7H,4-6H2,1-3H3;2*6-8H,4-5H2,1-3H3;5-8H,1-4H3;7-8H,3-6H2,1-2H3/t6?,7-,8?;;;;;;/m0....../s1. The zero-order chi connectivity index (χ0) is 43.1. The van der Waals surface area contributed by atoms with Crippen molar-refractivity contribution in [2.24, 2.45) is 118 Å². The van der Waals surface area contributed by atoms with Gasteiger partial charge in [-0.2, -0.15) is 0 Å². The minimum Gasteiger partial charge on any atom is -0.0651 e. The molecule has 0 bridgehead atoms. The summed E-state index contributed by atoms with van der Waals surface area (Å²) in [4.78, 5) is 0. The van der Waals surface area contributed by atoms with Crippen molar-refractivity contribution in [3.05, 3.63) is 0 Å². The van der Waals surface area contributed by atoms with Crippen molar-refractivity contribution >= 4 is 0 Å². The molecule has 0 N–H and O–H groups in total. The summed E-state index contributed by atoms with van der Waals surface area (Å²) in [5, 5.41) is 0. The smallest absolute Gasteiger partial charge is 0.0352 e. The lowest BCUT2D eigenvalue weighted by Gasteiger charge is -2.45. The normalized spacial score (nSPS) is 42.3. The highest BCUT2D eigenvalue weighted by atomic mass is 14.4. The van der Waals surface area contributed by atoms with Crippen LogP contribution in [0.2, 0.25) is 0 Å². The van der Waals surface area contributed by atoms with Crippen molar-refractivity contribution in [3.8, 4) is 0 Å². The van der Waals surface area contributed by atoms with E-state index in [9.17, 15) is 0 Å². The molecule has 9 atom stereocenters. The monoisotopic (exact) mass is 785 g/mol. The van der Waals surface area contributed by atoms with Gasteiger partial charge < -0.3 is 0 Å². The van der Waals surface area contributed by atoms with Crippen LogP contribution in [0, 0.1) is 118 Å². The molecule has 0 heteroatoms. The van der Waals surface area contributed by atoms with E-state index in [1.807, 2.05) is 0 Å². The van der Waals surface area contributed by atoms with Gasteiger partial charge in [-0.1, -0.05) is 203 Å². The summed E-state index contributed by atoms with van der Waals surface area (Å²) in [6.45, 7) is 49.5. The SMILES string of the molecule is CC1C(C)C(C)C1C.CC1CC(C(C)C)C1.CC1CC(C)[C@@H](C)C1.CC1CCC(C)(C)C1.CC1CCC(C)C1C.CC1CCC(C)C1C.CCC(C)C1CCC1. The Balaban J connectivity index is 0.000000327. The summed E-state index contributed by atoms with van der Waals surface area (Å²) in [5.41, 5.74) is 0.666. The first-order chi connectivity index (χ1) is 25.9. The Kier molecular flexibility index (Phi) is 25.4. The minimum absolute atomic E-state index is 0.666. The fourth-order valence-corrected chi connectivity index (χ4v) is 11.5. The molecule has 0 aromatic carbocycles. The number of hydrogen-bond donors (Lipinski definition) is 0. The van der Waals surface area contributed by atoms with Crippen molar-refractivity contribution in [2.75, 3.05) is 0 Å². The van der Waals surface area contributed by atoms with Gasteiger partial charge in [-0.25, -0.2) is 0 Å². The van der Waals surface area contributed by atoms with Crippen molar-refractivity contribution in [1.29, 1.82) is 0 Å². The molecule has 0 aromatic rings. The maximum atomic E-state index is 2.38. The lowest BCUT2D eigenvalue weighted by atomic mass is 9.60. The van der Waals surface area contributed by atoms with E-state index < -0.39 is 0 Å². The predicted molar refractivity (Wildman–Crippen MR) is 257 cm³/mol. The molecular weight excluding hydrogens is 673 g/mol. The number of hydrogen-bond acceptors (Lipinski definition) is 0. The summed E-state index contributed by atoms with van der Waals surface area (Å²) in [7, 11) is 0. The van der Waals surface area contributed by atoms with Crippen molar-refractivity contribution in [1.82, 2.24) is 0 Å².